The van der Waals surface area contributed by atoms with Crippen LogP contribution in [-0.4, -0.2) is 60.0 Å². The lowest BCUT2D eigenvalue weighted by Gasteiger charge is -2.31. The van der Waals surface area contributed by atoms with Crippen LogP contribution in [0.15, 0.2) is 121 Å². The number of nitrogens with one attached hydrogen (secondary N) is 3. The van der Waals surface area contributed by atoms with Crippen LogP contribution >= 0.6 is 0 Å². The Morgan fingerprint density at radius 2 is 1.55 bits per heavy atom. The summed E-state index contributed by atoms with van der Waals surface area (Å²) in [6.45, 7) is 1.81. The highest BCUT2D eigenvalue weighted by Crippen LogP contribution is 2.30. The fourth-order valence-corrected chi connectivity index (χ4v) is 6.14. The van der Waals surface area contributed by atoms with Crippen molar-refractivity contribution in [2.24, 2.45) is 0 Å². The molecule has 1 aliphatic rings. The molecule has 1 aromatic heterocycles. The van der Waals surface area contributed by atoms with Crippen LogP contribution in [0.3, 0.4) is 0 Å². The van der Waals surface area contributed by atoms with Crippen LogP contribution < -0.4 is 20.7 Å². The van der Waals surface area contributed by atoms with Gasteiger partial charge >= 0.3 is 6.09 Å². The van der Waals surface area contributed by atoms with Crippen molar-refractivity contribution in [1.82, 2.24) is 15.6 Å². The zero-order valence-electron chi connectivity index (χ0n) is 25.9. The number of morpholine rings is 1. The van der Waals surface area contributed by atoms with E-state index in [0.717, 1.165) is 39.8 Å². The van der Waals surface area contributed by atoms with Gasteiger partial charge in [-0.3, -0.25) is 9.78 Å². The maximum absolute atomic E-state index is 13.9. The molecule has 5 aromatic rings. The quantitative estimate of drug-likeness (QED) is 0.133. The molecule has 1 fully saturated rings. The minimum atomic E-state index is -1.27. The fraction of sp³-hybridized carbons (Fsp3) is 0.237. The Morgan fingerprint density at radius 1 is 0.851 bits per heavy atom. The molecule has 0 bridgehead atoms. The molecular formula is C38H38N4O5. The van der Waals surface area contributed by atoms with Crippen LogP contribution in [0.1, 0.15) is 29.0 Å². The first kappa shape index (κ1) is 31.7. The molecule has 2 heterocycles. The van der Waals surface area contributed by atoms with E-state index in [9.17, 15) is 14.7 Å². The molecule has 240 valence electrons. The summed E-state index contributed by atoms with van der Waals surface area (Å²) < 4.78 is 12.6. The van der Waals surface area contributed by atoms with Gasteiger partial charge in [0.1, 0.15) is 24.5 Å². The third kappa shape index (κ3) is 8.13. The van der Waals surface area contributed by atoms with Crippen LogP contribution in [0.5, 0.6) is 5.75 Å². The number of aryl methyl sites for hydroxylation is 1. The number of fused-ring (bicyclic) bond motifs is 1. The van der Waals surface area contributed by atoms with Crippen molar-refractivity contribution >= 4 is 28.6 Å². The van der Waals surface area contributed by atoms with Gasteiger partial charge in [-0.25, -0.2) is 4.79 Å². The van der Waals surface area contributed by atoms with Crippen molar-refractivity contribution < 1.29 is 24.2 Å². The molecular weight excluding hydrogens is 592 g/mol. The Labute approximate surface area is 274 Å². The number of para-hydroxylation sites is 1. The molecule has 0 unspecified atom stereocenters. The zero-order chi connectivity index (χ0) is 32.4. The lowest BCUT2D eigenvalue weighted by Crippen LogP contribution is -2.47. The second kappa shape index (κ2) is 15.4. The fourth-order valence-electron chi connectivity index (χ4n) is 6.14. The summed E-state index contributed by atoms with van der Waals surface area (Å²) in [5.74, 6) is -0.191. The van der Waals surface area contributed by atoms with E-state index in [1.807, 2.05) is 115 Å². The second-order valence-electron chi connectivity index (χ2n) is 11.6. The number of aromatic nitrogens is 1. The van der Waals surface area contributed by atoms with Gasteiger partial charge in [-0.1, -0.05) is 84.9 Å². The molecule has 0 saturated carbocycles. The highest BCUT2D eigenvalue weighted by atomic mass is 16.5. The molecule has 0 spiro atoms. The smallest absolute Gasteiger partial charge is 0.405 e. The molecule has 1 aliphatic heterocycles. The predicted molar refractivity (Wildman–Crippen MR) is 182 cm³/mol. The van der Waals surface area contributed by atoms with Crippen LogP contribution in [0.25, 0.3) is 10.9 Å². The normalized spacial score (nSPS) is 16.8. The van der Waals surface area contributed by atoms with Crippen LogP contribution in [-0.2, 0) is 16.0 Å². The molecule has 0 radical (unpaired) electrons. The van der Waals surface area contributed by atoms with Gasteiger partial charge < -0.3 is 30.5 Å². The zero-order valence-corrected chi connectivity index (χ0v) is 25.9. The first-order valence-corrected chi connectivity index (χ1v) is 15.9. The van der Waals surface area contributed by atoms with Gasteiger partial charge in [-0.05, 0) is 59.9 Å². The number of anilines is 1. The molecule has 4 N–H and O–H groups in total. The molecule has 2 amide bonds. The molecule has 9 nitrogen and oxygen atoms in total. The number of carbonyl (C=O) groups excluding carboxylic acids is 1. The van der Waals surface area contributed by atoms with E-state index in [4.69, 9.17) is 9.47 Å². The third-order valence-corrected chi connectivity index (χ3v) is 8.38. The summed E-state index contributed by atoms with van der Waals surface area (Å²) in [7, 11) is 0. The third-order valence-electron chi connectivity index (χ3n) is 8.38. The molecule has 6 rings (SSSR count). The van der Waals surface area contributed by atoms with E-state index in [2.05, 4.69) is 20.9 Å². The first-order chi connectivity index (χ1) is 23.0. The first-order valence-electron chi connectivity index (χ1n) is 15.9. The molecule has 1 saturated heterocycles. The lowest BCUT2D eigenvalue weighted by molar-refractivity contribution is -0.118. The molecule has 9 heteroatoms. The Morgan fingerprint density at radius 3 is 2.30 bits per heavy atom. The number of hydrogen-bond donors (Lipinski definition) is 4. The number of ether oxygens (including phenoxy) is 2. The lowest BCUT2D eigenvalue weighted by atomic mass is 9.84. The summed E-state index contributed by atoms with van der Waals surface area (Å²) in [5.41, 5.74) is 4.13. The number of nitrogens with zero attached hydrogens (tertiary/aromatic N) is 1. The Balaban J connectivity index is 1.12. The van der Waals surface area contributed by atoms with Gasteiger partial charge in [-0.2, -0.15) is 0 Å². The number of hydrogen-bond acceptors (Lipinski definition) is 6. The van der Waals surface area contributed by atoms with E-state index in [0.29, 0.717) is 31.8 Å². The van der Waals surface area contributed by atoms with Crippen LogP contribution in [0.2, 0.25) is 0 Å². The van der Waals surface area contributed by atoms with Gasteiger partial charge in [0.25, 0.3) is 0 Å². The van der Waals surface area contributed by atoms with E-state index in [-0.39, 0.29) is 12.2 Å². The predicted octanol–water partition coefficient (Wildman–Crippen LogP) is 6.01. The summed E-state index contributed by atoms with van der Waals surface area (Å²) in [5, 5.41) is 19.7. The Bertz CT molecular complexity index is 1740. The number of carboxylic acid groups (broad SMARTS) is 1. The van der Waals surface area contributed by atoms with Crippen molar-refractivity contribution in [2.45, 2.75) is 37.0 Å². The molecule has 3 atom stereocenters. The van der Waals surface area contributed by atoms with Gasteiger partial charge in [0.05, 0.1) is 11.6 Å². The van der Waals surface area contributed by atoms with E-state index in [1.54, 1.807) is 6.20 Å². The Hall–Kier alpha value is -5.25. The van der Waals surface area contributed by atoms with E-state index >= 15 is 0 Å². The van der Waals surface area contributed by atoms with Crippen molar-refractivity contribution in [1.29, 1.82) is 0 Å². The average molecular weight is 631 g/mol. The molecule has 47 heavy (non-hydrogen) atoms. The van der Waals surface area contributed by atoms with E-state index < -0.39 is 24.0 Å². The van der Waals surface area contributed by atoms with Crippen molar-refractivity contribution in [3.8, 4) is 5.75 Å². The number of benzene rings is 4. The minimum absolute atomic E-state index is 0.0442. The minimum Gasteiger partial charge on any atom is -0.490 e. The van der Waals surface area contributed by atoms with Crippen molar-refractivity contribution in [3.63, 3.8) is 0 Å². The summed E-state index contributed by atoms with van der Waals surface area (Å²) in [4.78, 5) is 30.3. The van der Waals surface area contributed by atoms with Crippen molar-refractivity contribution in [2.75, 3.05) is 25.0 Å². The highest BCUT2D eigenvalue weighted by molar-refractivity contribution is 5.98. The molecule has 4 aromatic carbocycles. The largest absolute Gasteiger partial charge is 0.490 e. The second-order valence-corrected chi connectivity index (χ2v) is 11.6. The topological polar surface area (TPSA) is 122 Å². The highest BCUT2D eigenvalue weighted by Gasteiger charge is 2.33. The van der Waals surface area contributed by atoms with Crippen LogP contribution in [0.4, 0.5) is 10.5 Å². The van der Waals surface area contributed by atoms with Gasteiger partial charge in [0, 0.05) is 36.3 Å². The number of carbonyl (C=O) groups is 2. The van der Waals surface area contributed by atoms with Crippen molar-refractivity contribution in [3.05, 3.63) is 138 Å². The standard InChI is InChI=1S/C38H38N4O5/c43-37(36(42-38(44)45)35(27-12-3-1-4-13-27)28-14-5-2-6-15-28)41-32-17-8-7-11-26(32)20-21-29-23-39-24-30(47-29)25-46-34-19-9-18-33-31(34)16-10-22-40-33/h1-19,22,29-30,35-36,39,42H,20-21,23-25H2,(H,41,43)(H,44,45)/t29-,30+,36+/m1/s1. The monoisotopic (exact) mass is 630 g/mol. The van der Waals surface area contributed by atoms with Crippen LogP contribution in [0, 0.1) is 0 Å². The average Bonchev–Trinajstić information content (AvgIpc) is 3.11. The molecule has 0 aliphatic carbocycles. The van der Waals surface area contributed by atoms with Gasteiger partial charge in [0.2, 0.25) is 5.91 Å². The number of amides is 2. The summed E-state index contributed by atoms with van der Waals surface area (Å²) in [6, 6.07) is 35.3. The number of rotatable bonds is 12. The number of pyridine rings is 1. The maximum atomic E-state index is 13.9. The SMILES string of the molecule is O=C(O)N[C@H](C(=O)Nc1ccccc1CC[C@@H]1CNC[C@@H](COc2cccc3ncccc23)O1)C(c1ccccc1)c1ccccc1. The van der Waals surface area contributed by atoms with Gasteiger partial charge in [-0.15, -0.1) is 0 Å². The summed E-state index contributed by atoms with van der Waals surface area (Å²) >= 11 is 0. The van der Waals surface area contributed by atoms with E-state index in [1.165, 1.54) is 0 Å². The Kier molecular flexibility index (Phi) is 10.4. The maximum Gasteiger partial charge on any atom is 0.405 e. The summed E-state index contributed by atoms with van der Waals surface area (Å²) in [6.07, 6.45) is 1.72. The van der Waals surface area contributed by atoms with Gasteiger partial charge in [0.15, 0.2) is 0 Å².